The van der Waals surface area contributed by atoms with E-state index in [0.29, 0.717) is 11.1 Å². The van der Waals surface area contributed by atoms with Gasteiger partial charge in [0, 0.05) is 26.2 Å². The predicted octanol–water partition coefficient (Wildman–Crippen LogP) is 0.754. The number of nitriles is 1. The van der Waals surface area contributed by atoms with Gasteiger partial charge in [0.1, 0.15) is 6.07 Å². The molecule has 0 spiro atoms. The van der Waals surface area contributed by atoms with Gasteiger partial charge in [0.2, 0.25) is 0 Å². The number of nitrogens with one attached hydrogen (secondary N) is 1. The van der Waals surface area contributed by atoms with Crippen LogP contribution in [0.15, 0.2) is 18.2 Å². The molecule has 5 heteroatoms. The molecule has 94 valence electrons. The van der Waals surface area contributed by atoms with Crippen LogP contribution in [0.1, 0.15) is 15.9 Å². The second-order valence-electron chi connectivity index (χ2n) is 4.07. The normalized spacial score (nSPS) is 15.0. The van der Waals surface area contributed by atoms with Crippen molar-refractivity contribution < 1.29 is 9.53 Å². The van der Waals surface area contributed by atoms with Crippen LogP contribution in [0.25, 0.3) is 0 Å². The van der Waals surface area contributed by atoms with Gasteiger partial charge in [-0.3, -0.25) is 0 Å². The molecule has 1 N–H and O–H groups in total. The molecule has 18 heavy (non-hydrogen) atoms. The maximum Gasteiger partial charge on any atom is 0.337 e. The van der Waals surface area contributed by atoms with E-state index in [4.69, 9.17) is 0 Å². The maximum atomic E-state index is 11.4. The second-order valence-corrected chi connectivity index (χ2v) is 4.07. The molecule has 5 nitrogen and oxygen atoms in total. The molecule has 1 aliphatic heterocycles. The average molecular weight is 245 g/mol. The van der Waals surface area contributed by atoms with Crippen LogP contribution in [0.5, 0.6) is 0 Å². The van der Waals surface area contributed by atoms with E-state index in [0.717, 1.165) is 31.9 Å². The first-order valence-corrected chi connectivity index (χ1v) is 5.84. The summed E-state index contributed by atoms with van der Waals surface area (Å²) >= 11 is 0. The Bertz CT molecular complexity index is 487. The number of hydrogen-bond acceptors (Lipinski definition) is 5. The molecular weight excluding hydrogens is 230 g/mol. The van der Waals surface area contributed by atoms with Gasteiger partial charge in [-0.1, -0.05) is 0 Å². The third-order valence-electron chi connectivity index (χ3n) is 3.00. The van der Waals surface area contributed by atoms with E-state index in [1.54, 1.807) is 12.1 Å². The van der Waals surface area contributed by atoms with Gasteiger partial charge in [0.05, 0.1) is 23.9 Å². The molecule has 1 aromatic rings. The van der Waals surface area contributed by atoms with Gasteiger partial charge < -0.3 is 15.0 Å². The van der Waals surface area contributed by atoms with Crippen molar-refractivity contribution in [2.45, 2.75) is 0 Å². The van der Waals surface area contributed by atoms with Crippen molar-refractivity contribution in [2.24, 2.45) is 0 Å². The van der Waals surface area contributed by atoms with E-state index >= 15 is 0 Å². The lowest BCUT2D eigenvalue weighted by molar-refractivity contribution is 0.0600. The fraction of sp³-hybridized carbons (Fsp3) is 0.385. The van der Waals surface area contributed by atoms with E-state index < -0.39 is 5.97 Å². The highest BCUT2D eigenvalue weighted by Gasteiger charge is 2.16. The number of nitrogens with zero attached hydrogens (tertiary/aromatic N) is 2. The molecule has 0 saturated carbocycles. The lowest BCUT2D eigenvalue weighted by atomic mass is 10.1. The van der Waals surface area contributed by atoms with Crippen molar-refractivity contribution in [1.82, 2.24) is 5.32 Å². The summed E-state index contributed by atoms with van der Waals surface area (Å²) in [6.07, 6.45) is 0. The zero-order chi connectivity index (χ0) is 13.0. The average Bonchev–Trinajstić information content (AvgIpc) is 2.46. The van der Waals surface area contributed by atoms with Gasteiger partial charge in [0.25, 0.3) is 0 Å². The van der Waals surface area contributed by atoms with Crippen LogP contribution in [0, 0.1) is 11.3 Å². The van der Waals surface area contributed by atoms with E-state index in [-0.39, 0.29) is 0 Å². The highest BCUT2D eigenvalue weighted by Crippen LogP contribution is 2.22. The van der Waals surface area contributed by atoms with Gasteiger partial charge >= 0.3 is 5.97 Å². The fourth-order valence-electron chi connectivity index (χ4n) is 2.05. The monoisotopic (exact) mass is 245 g/mol. The lowest BCUT2D eigenvalue weighted by Crippen LogP contribution is -2.43. The van der Waals surface area contributed by atoms with Crippen LogP contribution in [0.3, 0.4) is 0 Å². The quantitative estimate of drug-likeness (QED) is 0.779. The number of methoxy groups -OCH3 is 1. The Morgan fingerprint density at radius 2 is 2.17 bits per heavy atom. The smallest absolute Gasteiger partial charge is 0.337 e. The van der Waals surface area contributed by atoms with E-state index in [9.17, 15) is 10.1 Å². The van der Waals surface area contributed by atoms with E-state index in [2.05, 4.69) is 21.0 Å². The van der Waals surface area contributed by atoms with Crippen LogP contribution < -0.4 is 10.2 Å². The number of carbonyl (C=O) groups excluding carboxylic acids is 1. The standard InChI is InChI=1S/C13H15N3O2/c1-18-13(17)10-2-3-12(11(8-10)9-14)16-6-4-15-5-7-16/h2-3,8,15H,4-7H2,1H3. The molecule has 1 fully saturated rings. The molecule has 1 saturated heterocycles. The minimum Gasteiger partial charge on any atom is -0.465 e. The topological polar surface area (TPSA) is 65.4 Å². The summed E-state index contributed by atoms with van der Waals surface area (Å²) < 4.78 is 4.65. The number of hydrogen-bond donors (Lipinski definition) is 1. The molecule has 1 heterocycles. The van der Waals surface area contributed by atoms with E-state index in [1.165, 1.54) is 7.11 Å². The zero-order valence-corrected chi connectivity index (χ0v) is 10.3. The molecular formula is C13H15N3O2. The van der Waals surface area contributed by atoms with Gasteiger partial charge in [-0.25, -0.2) is 4.79 Å². The molecule has 0 aliphatic carbocycles. The molecule has 2 rings (SSSR count). The first-order chi connectivity index (χ1) is 8.76. The highest BCUT2D eigenvalue weighted by atomic mass is 16.5. The van der Waals surface area contributed by atoms with Crippen molar-refractivity contribution in [2.75, 3.05) is 38.2 Å². The highest BCUT2D eigenvalue weighted by molar-refractivity contribution is 5.90. The van der Waals surface area contributed by atoms with Crippen molar-refractivity contribution in [3.63, 3.8) is 0 Å². The second kappa shape index (κ2) is 5.52. The number of piperazine rings is 1. The molecule has 0 amide bonds. The Kier molecular flexibility index (Phi) is 3.80. The third kappa shape index (κ3) is 2.44. The number of esters is 1. The largest absolute Gasteiger partial charge is 0.465 e. The molecule has 0 bridgehead atoms. The summed E-state index contributed by atoms with van der Waals surface area (Å²) in [7, 11) is 1.33. The van der Waals surface area contributed by atoms with Crippen LogP contribution >= 0.6 is 0 Å². The molecule has 0 atom stereocenters. The molecule has 1 aliphatic rings. The minimum absolute atomic E-state index is 0.410. The number of ether oxygens (including phenoxy) is 1. The third-order valence-corrected chi connectivity index (χ3v) is 3.00. The first kappa shape index (κ1) is 12.4. The minimum atomic E-state index is -0.418. The molecule has 0 radical (unpaired) electrons. The fourth-order valence-corrected chi connectivity index (χ4v) is 2.05. The Hall–Kier alpha value is -2.06. The Morgan fingerprint density at radius 1 is 1.44 bits per heavy atom. The van der Waals surface area contributed by atoms with Crippen LogP contribution in [0.2, 0.25) is 0 Å². The van der Waals surface area contributed by atoms with Crippen molar-refractivity contribution in [3.05, 3.63) is 29.3 Å². The molecule has 0 unspecified atom stereocenters. The lowest BCUT2D eigenvalue weighted by Gasteiger charge is -2.30. The number of carbonyl (C=O) groups is 1. The molecule has 1 aromatic carbocycles. The van der Waals surface area contributed by atoms with Gasteiger partial charge in [-0.15, -0.1) is 0 Å². The summed E-state index contributed by atoms with van der Waals surface area (Å²) in [5.41, 5.74) is 1.80. The van der Waals surface area contributed by atoms with Crippen molar-refractivity contribution in [1.29, 1.82) is 5.26 Å². The summed E-state index contributed by atoms with van der Waals surface area (Å²) in [5, 5.41) is 12.4. The molecule has 0 aromatic heterocycles. The summed E-state index contributed by atoms with van der Waals surface area (Å²) in [6.45, 7) is 3.55. The zero-order valence-electron chi connectivity index (χ0n) is 10.3. The number of anilines is 1. The van der Waals surface area contributed by atoms with Crippen LogP contribution in [-0.4, -0.2) is 39.3 Å². The summed E-state index contributed by atoms with van der Waals surface area (Å²) in [4.78, 5) is 13.6. The van der Waals surface area contributed by atoms with Gasteiger partial charge in [-0.2, -0.15) is 5.26 Å². The summed E-state index contributed by atoms with van der Waals surface area (Å²) in [6, 6.07) is 7.24. The van der Waals surface area contributed by atoms with Gasteiger partial charge in [0.15, 0.2) is 0 Å². The number of rotatable bonds is 2. The SMILES string of the molecule is COC(=O)c1ccc(N2CCNCC2)c(C#N)c1. The predicted molar refractivity (Wildman–Crippen MR) is 67.6 cm³/mol. The van der Waals surface area contributed by atoms with Crippen molar-refractivity contribution >= 4 is 11.7 Å². The van der Waals surface area contributed by atoms with E-state index in [1.807, 2.05) is 6.07 Å². The maximum absolute atomic E-state index is 11.4. The summed E-state index contributed by atoms with van der Waals surface area (Å²) in [5.74, 6) is -0.418. The Balaban J connectivity index is 2.31. The number of benzene rings is 1. The first-order valence-electron chi connectivity index (χ1n) is 5.84. The van der Waals surface area contributed by atoms with Crippen molar-refractivity contribution in [3.8, 4) is 6.07 Å². The Labute approximate surface area is 106 Å². The Morgan fingerprint density at radius 3 is 2.78 bits per heavy atom. The van der Waals surface area contributed by atoms with Gasteiger partial charge in [-0.05, 0) is 18.2 Å². The van der Waals surface area contributed by atoms with Crippen LogP contribution in [-0.2, 0) is 4.74 Å². The van der Waals surface area contributed by atoms with Crippen LogP contribution in [0.4, 0.5) is 5.69 Å².